The van der Waals surface area contributed by atoms with Crippen molar-refractivity contribution in [2.45, 2.75) is 32.6 Å². The Bertz CT molecular complexity index is 1010. The molecule has 0 bridgehead atoms. The number of hydrogen-bond acceptors (Lipinski definition) is 3. The number of aryl methyl sites for hydroxylation is 2. The molecule has 1 aliphatic heterocycles. The number of rotatable bonds is 4. The van der Waals surface area contributed by atoms with Crippen LogP contribution >= 0.6 is 11.6 Å². The third kappa shape index (κ3) is 3.79. The molecule has 1 saturated heterocycles. The molecule has 2 unspecified atom stereocenters. The van der Waals surface area contributed by atoms with Gasteiger partial charge in [-0.25, -0.2) is 4.39 Å². The average Bonchev–Trinajstić information content (AvgIpc) is 3.25. The van der Waals surface area contributed by atoms with Gasteiger partial charge in [-0.3, -0.25) is 9.59 Å². The van der Waals surface area contributed by atoms with Crippen LogP contribution in [0.25, 0.3) is 11.1 Å². The summed E-state index contributed by atoms with van der Waals surface area (Å²) < 4.78 is 19.7. The van der Waals surface area contributed by atoms with Crippen molar-refractivity contribution in [3.63, 3.8) is 0 Å². The maximum atomic E-state index is 14.4. The second-order valence-electron chi connectivity index (χ2n) is 7.95. The molecule has 0 amide bonds. The molecule has 2 aromatic rings. The SMILES string of the molecule is Cc1cc(-c2ccc(Cl)cc2F)cc(C)c1C1C(=O)C=C(CC2CCOC2)C1=O. The monoisotopic (exact) mass is 412 g/mol. The van der Waals surface area contributed by atoms with Crippen LogP contribution in [0, 0.1) is 25.6 Å². The fraction of sp³-hybridized carbons (Fsp3) is 0.333. The summed E-state index contributed by atoms with van der Waals surface area (Å²) in [7, 11) is 0. The normalized spacial score (nSPS) is 21.7. The summed E-state index contributed by atoms with van der Waals surface area (Å²) >= 11 is 5.86. The standard InChI is InChI=1S/C24H22ClFO3/c1-13-7-16(19-4-3-18(25)11-20(19)26)8-14(2)22(13)23-21(27)10-17(24(23)28)9-15-5-6-29-12-15/h3-4,7-8,10-11,15,23H,5-6,9,12H2,1-2H3. The first-order valence-electron chi connectivity index (χ1n) is 9.78. The highest BCUT2D eigenvalue weighted by Crippen LogP contribution is 2.38. The molecule has 2 aromatic carbocycles. The van der Waals surface area contributed by atoms with Crippen molar-refractivity contribution in [2.75, 3.05) is 13.2 Å². The van der Waals surface area contributed by atoms with E-state index in [1.165, 1.54) is 12.1 Å². The van der Waals surface area contributed by atoms with E-state index in [-0.39, 0.29) is 11.6 Å². The van der Waals surface area contributed by atoms with Crippen molar-refractivity contribution in [1.82, 2.24) is 0 Å². The van der Waals surface area contributed by atoms with Gasteiger partial charge in [-0.2, -0.15) is 0 Å². The van der Waals surface area contributed by atoms with Crippen LogP contribution in [-0.4, -0.2) is 24.8 Å². The van der Waals surface area contributed by atoms with Crippen LogP contribution in [0.5, 0.6) is 0 Å². The van der Waals surface area contributed by atoms with E-state index in [9.17, 15) is 14.0 Å². The number of carbonyl (C=O) groups excluding carboxylic acids is 2. The highest BCUT2D eigenvalue weighted by molar-refractivity contribution is 6.30. The Morgan fingerprint density at radius 2 is 1.86 bits per heavy atom. The van der Waals surface area contributed by atoms with Gasteiger partial charge in [0, 0.05) is 29.4 Å². The maximum absolute atomic E-state index is 14.4. The lowest BCUT2D eigenvalue weighted by molar-refractivity contribution is -0.123. The molecule has 150 valence electrons. The van der Waals surface area contributed by atoms with Crippen LogP contribution in [-0.2, 0) is 14.3 Å². The zero-order chi connectivity index (χ0) is 20.7. The van der Waals surface area contributed by atoms with Gasteiger partial charge in [0.1, 0.15) is 11.7 Å². The fourth-order valence-electron chi connectivity index (χ4n) is 4.44. The van der Waals surface area contributed by atoms with Gasteiger partial charge >= 0.3 is 0 Å². The van der Waals surface area contributed by atoms with E-state index < -0.39 is 11.7 Å². The second kappa shape index (κ2) is 7.85. The van der Waals surface area contributed by atoms with Gasteiger partial charge in [0.25, 0.3) is 0 Å². The van der Waals surface area contributed by atoms with Crippen LogP contribution in [0.1, 0.15) is 35.4 Å². The quantitative estimate of drug-likeness (QED) is 0.635. The van der Waals surface area contributed by atoms with E-state index in [2.05, 4.69) is 0 Å². The Balaban J connectivity index is 1.65. The smallest absolute Gasteiger partial charge is 0.174 e. The largest absolute Gasteiger partial charge is 0.381 e. The highest BCUT2D eigenvalue weighted by atomic mass is 35.5. The minimum atomic E-state index is -0.795. The van der Waals surface area contributed by atoms with Gasteiger partial charge in [0.2, 0.25) is 0 Å². The van der Waals surface area contributed by atoms with Crippen molar-refractivity contribution in [1.29, 1.82) is 0 Å². The number of hydrogen-bond donors (Lipinski definition) is 0. The number of Topliss-reactive ketones (excluding diaryl/α,β-unsaturated/α-hetero) is 1. The van der Waals surface area contributed by atoms with Gasteiger partial charge < -0.3 is 4.74 Å². The van der Waals surface area contributed by atoms with E-state index in [0.29, 0.717) is 47.3 Å². The predicted octanol–water partition coefficient (Wildman–Crippen LogP) is 5.35. The lowest BCUT2D eigenvalue weighted by Gasteiger charge is -2.18. The topological polar surface area (TPSA) is 43.4 Å². The molecular weight excluding hydrogens is 391 g/mol. The zero-order valence-electron chi connectivity index (χ0n) is 16.4. The Hall–Kier alpha value is -2.30. The summed E-state index contributed by atoms with van der Waals surface area (Å²) in [5.41, 5.74) is 4.08. The number of carbonyl (C=O) groups is 2. The molecule has 1 fully saturated rings. The van der Waals surface area contributed by atoms with Crippen LogP contribution in [0.2, 0.25) is 5.02 Å². The summed E-state index contributed by atoms with van der Waals surface area (Å²) in [5, 5.41) is 0.338. The minimum absolute atomic E-state index is 0.112. The van der Waals surface area contributed by atoms with Gasteiger partial charge in [-0.1, -0.05) is 23.7 Å². The average molecular weight is 413 g/mol. The van der Waals surface area contributed by atoms with Crippen molar-refractivity contribution in [3.05, 3.63) is 69.5 Å². The Morgan fingerprint density at radius 1 is 1.14 bits per heavy atom. The van der Waals surface area contributed by atoms with E-state index in [1.807, 2.05) is 26.0 Å². The van der Waals surface area contributed by atoms with Gasteiger partial charge in [-0.05, 0) is 79.1 Å². The molecule has 1 aliphatic carbocycles. The van der Waals surface area contributed by atoms with Gasteiger partial charge in [0.05, 0.1) is 0 Å². The van der Waals surface area contributed by atoms with Crippen LogP contribution in [0.4, 0.5) is 4.39 Å². The molecule has 2 aliphatic rings. The summed E-state index contributed by atoms with van der Waals surface area (Å²) in [6.07, 6.45) is 3.02. The first-order chi connectivity index (χ1) is 13.8. The van der Waals surface area contributed by atoms with Gasteiger partial charge in [0.15, 0.2) is 11.6 Å². The van der Waals surface area contributed by atoms with Crippen LogP contribution in [0.3, 0.4) is 0 Å². The number of allylic oxidation sites excluding steroid dienone is 2. The molecule has 0 radical (unpaired) electrons. The molecule has 2 atom stereocenters. The summed E-state index contributed by atoms with van der Waals surface area (Å²) in [4.78, 5) is 25.8. The minimum Gasteiger partial charge on any atom is -0.381 e. The molecule has 0 saturated carbocycles. The molecule has 3 nitrogen and oxygen atoms in total. The maximum Gasteiger partial charge on any atom is 0.174 e. The third-order valence-corrected chi connectivity index (χ3v) is 6.07. The number of benzene rings is 2. The predicted molar refractivity (Wildman–Crippen MR) is 111 cm³/mol. The molecule has 29 heavy (non-hydrogen) atoms. The zero-order valence-corrected chi connectivity index (χ0v) is 17.2. The van der Waals surface area contributed by atoms with E-state index in [0.717, 1.165) is 23.1 Å². The first kappa shape index (κ1) is 20.0. The van der Waals surface area contributed by atoms with E-state index in [1.54, 1.807) is 12.1 Å². The summed E-state index contributed by atoms with van der Waals surface area (Å²) in [5.74, 6) is -1.18. The molecule has 0 N–H and O–H groups in total. The molecule has 0 aromatic heterocycles. The molecule has 5 heteroatoms. The fourth-order valence-corrected chi connectivity index (χ4v) is 4.60. The Kier molecular flexibility index (Phi) is 5.41. The number of halogens is 2. The highest BCUT2D eigenvalue weighted by Gasteiger charge is 2.38. The lowest BCUT2D eigenvalue weighted by atomic mass is 9.84. The molecular formula is C24H22ClFO3. The Labute approximate surface area is 174 Å². The lowest BCUT2D eigenvalue weighted by Crippen LogP contribution is -2.18. The van der Waals surface area contributed by atoms with Crippen LogP contribution < -0.4 is 0 Å². The van der Waals surface area contributed by atoms with Crippen molar-refractivity contribution < 1.29 is 18.7 Å². The van der Waals surface area contributed by atoms with Crippen molar-refractivity contribution in [2.24, 2.45) is 5.92 Å². The Morgan fingerprint density at radius 3 is 2.48 bits per heavy atom. The van der Waals surface area contributed by atoms with Crippen molar-refractivity contribution >= 4 is 23.2 Å². The molecule has 1 heterocycles. The first-order valence-corrected chi connectivity index (χ1v) is 10.2. The number of ketones is 2. The van der Waals surface area contributed by atoms with Crippen LogP contribution in [0.15, 0.2) is 42.0 Å². The van der Waals surface area contributed by atoms with Crippen molar-refractivity contribution in [3.8, 4) is 11.1 Å². The summed E-state index contributed by atoms with van der Waals surface area (Å²) in [6.45, 7) is 5.08. The third-order valence-electron chi connectivity index (χ3n) is 5.84. The second-order valence-corrected chi connectivity index (χ2v) is 8.39. The summed E-state index contributed by atoms with van der Waals surface area (Å²) in [6, 6.07) is 8.23. The number of ether oxygens (including phenoxy) is 1. The molecule has 4 rings (SSSR count). The van der Waals surface area contributed by atoms with E-state index >= 15 is 0 Å². The van der Waals surface area contributed by atoms with Gasteiger partial charge in [-0.15, -0.1) is 0 Å². The van der Waals surface area contributed by atoms with E-state index in [4.69, 9.17) is 16.3 Å². The molecule has 0 spiro atoms.